The van der Waals surface area contributed by atoms with Gasteiger partial charge >= 0.3 is 18.2 Å². The number of amides is 1. The number of alkyl halides is 3. The largest absolute Gasteiger partial charge is 0.490 e. The Hall–Kier alpha value is -2.45. The predicted octanol–water partition coefficient (Wildman–Crippen LogP) is 2.07. The molecule has 2 aliphatic heterocycles. The Morgan fingerprint density at radius 1 is 1.48 bits per heavy atom. The lowest BCUT2D eigenvalue weighted by molar-refractivity contribution is -0.192. The summed E-state index contributed by atoms with van der Waals surface area (Å²) in [6.07, 6.45) is -5.96. The van der Waals surface area contributed by atoms with Crippen LogP contribution in [0, 0.1) is 5.82 Å². The molecule has 158 valence electrons. The maximum absolute atomic E-state index is 14.3. The number of halogens is 4. The molecule has 0 radical (unpaired) electrons. The van der Waals surface area contributed by atoms with Gasteiger partial charge in [-0.2, -0.15) is 18.3 Å². The maximum Gasteiger partial charge on any atom is 0.490 e. The molecule has 1 aromatic carbocycles. The Morgan fingerprint density at radius 2 is 2.14 bits per heavy atom. The number of ether oxygens (including phenoxy) is 1. The maximum atomic E-state index is 14.3. The molecule has 14 heteroatoms. The summed E-state index contributed by atoms with van der Waals surface area (Å²) in [7, 11) is 0. The van der Waals surface area contributed by atoms with Crippen molar-refractivity contribution < 1.29 is 37.0 Å². The zero-order valence-corrected chi connectivity index (χ0v) is 16.0. The number of anilines is 1. The summed E-state index contributed by atoms with van der Waals surface area (Å²) in [5.74, 6) is -2.65. The van der Waals surface area contributed by atoms with E-state index in [2.05, 4.69) is 10.5 Å². The average Bonchev–Trinajstić information content (AvgIpc) is 3.03. The standard InChI is InChI=1S/C13H13FN4O2S2.C2HF3O2/c14-10-3-7(18-5-8(4-15)20-13(18)19)1-2-9(10)12-17-16-11(21)6-22-12;3-2(4,5)1(6)7/h1-3,8H,4-6,15H2,(H,16,21);(H,6,7). The first kappa shape index (κ1) is 22.8. The minimum atomic E-state index is -5.08. The molecule has 0 spiro atoms. The van der Waals surface area contributed by atoms with Crippen LogP contribution in [0.25, 0.3) is 0 Å². The highest BCUT2D eigenvalue weighted by molar-refractivity contribution is 8.15. The van der Waals surface area contributed by atoms with Crippen LogP contribution in [0.3, 0.4) is 0 Å². The van der Waals surface area contributed by atoms with Crippen LogP contribution < -0.4 is 16.1 Å². The van der Waals surface area contributed by atoms with Crippen molar-refractivity contribution >= 4 is 51.8 Å². The summed E-state index contributed by atoms with van der Waals surface area (Å²) in [5.41, 5.74) is 8.97. The minimum Gasteiger partial charge on any atom is -0.475 e. The summed E-state index contributed by atoms with van der Waals surface area (Å²) >= 11 is 6.33. The third-order valence-electron chi connectivity index (χ3n) is 3.50. The van der Waals surface area contributed by atoms with Gasteiger partial charge in [-0.05, 0) is 18.2 Å². The van der Waals surface area contributed by atoms with Crippen molar-refractivity contribution in [1.82, 2.24) is 5.43 Å². The van der Waals surface area contributed by atoms with Crippen LogP contribution in [0.2, 0.25) is 0 Å². The van der Waals surface area contributed by atoms with E-state index in [0.29, 0.717) is 33.6 Å². The van der Waals surface area contributed by atoms with Crippen LogP contribution >= 0.6 is 24.0 Å². The first-order valence-electron chi connectivity index (χ1n) is 7.80. The molecule has 1 fully saturated rings. The van der Waals surface area contributed by atoms with E-state index in [1.807, 2.05) is 0 Å². The molecule has 1 atom stereocenters. The quantitative estimate of drug-likeness (QED) is 0.470. The molecule has 1 aromatic rings. The highest BCUT2D eigenvalue weighted by atomic mass is 32.2. The van der Waals surface area contributed by atoms with Gasteiger partial charge in [0.15, 0.2) is 0 Å². The van der Waals surface area contributed by atoms with Crippen molar-refractivity contribution in [2.45, 2.75) is 12.3 Å². The minimum absolute atomic E-state index is 0.238. The second-order valence-corrected chi connectivity index (χ2v) is 7.02. The van der Waals surface area contributed by atoms with Crippen molar-refractivity contribution in [2.24, 2.45) is 10.8 Å². The lowest BCUT2D eigenvalue weighted by Gasteiger charge is -2.16. The Bertz CT molecular complexity index is 850. The van der Waals surface area contributed by atoms with E-state index in [9.17, 15) is 22.4 Å². The van der Waals surface area contributed by atoms with Gasteiger partial charge in [0.1, 0.15) is 22.0 Å². The van der Waals surface area contributed by atoms with E-state index in [1.165, 1.54) is 22.7 Å². The van der Waals surface area contributed by atoms with E-state index in [0.717, 1.165) is 0 Å². The number of carbonyl (C=O) groups is 2. The molecular weight excluding hydrogens is 440 g/mol. The lowest BCUT2D eigenvalue weighted by Crippen LogP contribution is -2.28. The SMILES string of the molecule is NCC1CN(c2ccc(C3=NNC(=S)CS3)c(F)c2)C(=O)O1.O=C(O)C(F)(F)F. The van der Waals surface area contributed by atoms with Gasteiger partial charge < -0.3 is 15.6 Å². The molecule has 29 heavy (non-hydrogen) atoms. The van der Waals surface area contributed by atoms with Gasteiger partial charge in [0, 0.05) is 12.1 Å². The number of nitrogens with two attached hydrogens (primary N) is 1. The zero-order chi connectivity index (χ0) is 21.8. The van der Waals surface area contributed by atoms with E-state index in [1.54, 1.807) is 12.1 Å². The van der Waals surface area contributed by atoms with Crippen molar-refractivity contribution in [3.05, 3.63) is 29.6 Å². The third kappa shape index (κ3) is 6.01. The summed E-state index contributed by atoms with van der Waals surface area (Å²) < 4.78 is 51.1. The zero-order valence-electron chi connectivity index (χ0n) is 14.4. The summed E-state index contributed by atoms with van der Waals surface area (Å²) in [6.45, 7) is 0.557. The molecular formula is C15H14F4N4O4S2. The summed E-state index contributed by atoms with van der Waals surface area (Å²) in [4.78, 5) is 22.6. The Balaban J connectivity index is 0.000000370. The second kappa shape index (κ2) is 9.37. The molecule has 0 aromatic heterocycles. The molecule has 1 unspecified atom stereocenters. The first-order chi connectivity index (χ1) is 13.5. The molecule has 1 amide bonds. The summed E-state index contributed by atoms with van der Waals surface area (Å²) in [6, 6.07) is 4.55. The van der Waals surface area contributed by atoms with Gasteiger partial charge in [-0.15, -0.1) is 0 Å². The van der Waals surface area contributed by atoms with Crippen molar-refractivity contribution in [1.29, 1.82) is 0 Å². The number of benzene rings is 1. The second-order valence-electron chi connectivity index (χ2n) is 5.56. The van der Waals surface area contributed by atoms with Crippen LogP contribution in [0.1, 0.15) is 5.56 Å². The number of cyclic esters (lactones) is 1. The van der Waals surface area contributed by atoms with E-state index in [4.69, 9.17) is 32.6 Å². The van der Waals surface area contributed by atoms with Crippen molar-refractivity contribution in [2.75, 3.05) is 23.7 Å². The molecule has 1 saturated heterocycles. The number of carboxylic acids is 1. The fraction of sp³-hybridized carbons (Fsp3) is 0.333. The Labute approximate surface area is 171 Å². The normalized spacial score (nSPS) is 19.0. The predicted molar refractivity (Wildman–Crippen MR) is 101 cm³/mol. The number of nitrogens with one attached hydrogen (secondary N) is 1. The number of carbonyl (C=O) groups excluding carboxylic acids is 1. The number of aliphatic carboxylic acids is 1. The van der Waals surface area contributed by atoms with E-state index in [-0.39, 0.29) is 12.6 Å². The lowest BCUT2D eigenvalue weighted by atomic mass is 10.2. The Morgan fingerprint density at radius 3 is 2.59 bits per heavy atom. The van der Waals surface area contributed by atoms with Gasteiger partial charge in [-0.3, -0.25) is 10.3 Å². The number of hydrogen-bond donors (Lipinski definition) is 3. The summed E-state index contributed by atoms with van der Waals surface area (Å²) in [5, 5.41) is 11.7. The number of hydrogen-bond acceptors (Lipinski definition) is 7. The molecule has 8 nitrogen and oxygen atoms in total. The Kier molecular flexibility index (Phi) is 7.37. The number of thiocarbonyl (C=S) groups is 1. The molecule has 2 aliphatic rings. The smallest absolute Gasteiger partial charge is 0.475 e. The monoisotopic (exact) mass is 454 g/mol. The van der Waals surface area contributed by atoms with Gasteiger partial charge in [0.25, 0.3) is 0 Å². The number of nitrogens with zero attached hydrogens (tertiary/aromatic N) is 2. The number of rotatable bonds is 3. The molecule has 2 heterocycles. The molecule has 0 bridgehead atoms. The molecule has 0 aliphatic carbocycles. The molecule has 3 rings (SSSR count). The van der Waals surface area contributed by atoms with Gasteiger partial charge in [0.05, 0.1) is 18.0 Å². The number of thioether (sulfide) groups is 1. The highest BCUT2D eigenvalue weighted by Crippen LogP contribution is 2.26. The number of hydrazone groups is 1. The molecule has 0 saturated carbocycles. The van der Waals surface area contributed by atoms with Crippen LogP contribution in [0.15, 0.2) is 23.3 Å². The van der Waals surface area contributed by atoms with Crippen molar-refractivity contribution in [3.63, 3.8) is 0 Å². The van der Waals surface area contributed by atoms with Gasteiger partial charge in [-0.1, -0.05) is 24.0 Å². The highest BCUT2D eigenvalue weighted by Gasteiger charge is 2.38. The van der Waals surface area contributed by atoms with Crippen LogP contribution in [0.4, 0.5) is 28.0 Å². The number of carboxylic acid groups (broad SMARTS) is 1. The topological polar surface area (TPSA) is 117 Å². The van der Waals surface area contributed by atoms with E-state index >= 15 is 0 Å². The average molecular weight is 454 g/mol. The van der Waals surface area contributed by atoms with Crippen LogP contribution in [-0.4, -0.2) is 58.3 Å². The molecule has 4 N–H and O–H groups in total. The first-order valence-corrected chi connectivity index (χ1v) is 9.20. The third-order valence-corrected chi connectivity index (χ3v) is 4.93. The van der Waals surface area contributed by atoms with Crippen molar-refractivity contribution in [3.8, 4) is 0 Å². The fourth-order valence-corrected chi connectivity index (χ4v) is 3.14. The van der Waals surface area contributed by atoms with Gasteiger partial charge in [0.2, 0.25) is 0 Å². The van der Waals surface area contributed by atoms with E-state index < -0.39 is 24.1 Å². The van der Waals surface area contributed by atoms with Crippen LogP contribution in [0.5, 0.6) is 0 Å². The van der Waals surface area contributed by atoms with Gasteiger partial charge in [-0.25, -0.2) is 14.0 Å². The fourth-order valence-electron chi connectivity index (χ4n) is 2.15. The van der Waals surface area contributed by atoms with Crippen LogP contribution in [-0.2, 0) is 9.53 Å².